The van der Waals surface area contributed by atoms with Crippen molar-refractivity contribution < 1.29 is 14.0 Å². The second-order valence-corrected chi connectivity index (χ2v) is 9.48. The molecule has 3 aromatic rings. The van der Waals surface area contributed by atoms with Gasteiger partial charge in [0, 0.05) is 24.8 Å². The summed E-state index contributed by atoms with van der Waals surface area (Å²) in [5, 5.41) is 3.00. The normalized spacial score (nSPS) is 11.8. The maximum absolute atomic E-state index is 13.5. The molecule has 0 fully saturated rings. The van der Waals surface area contributed by atoms with Crippen LogP contribution in [0.15, 0.2) is 84.9 Å². The van der Waals surface area contributed by atoms with Gasteiger partial charge in [0.1, 0.15) is 11.9 Å². The quantitative estimate of drug-likeness (QED) is 0.411. The van der Waals surface area contributed by atoms with Crippen LogP contribution in [0.3, 0.4) is 0 Å². The number of nitrogens with zero attached hydrogens (tertiary/aromatic N) is 1. The van der Waals surface area contributed by atoms with Crippen molar-refractivity contribution in [3.8, 4) is 0 Å². The first-order valence-electron chi connectivity index (χ1n) is 11.4. The van der Waals surface area contributed by atoms with Crippen molar-refractivity contribution in [2.24, 2.45) is 0 Å². The first-order valence-corrected chi connectivity index (χ1v) is 12.6. The van der Waals surface area contributed by atoms with Crippen molar-refractivity contribution in [1.29, 1.82) is 0 Å². The van der Waals surface area contributed by atoms with E-state index in [1.807, 2.05) is 74.5 Å². The Hall–Kier alpha value is -3.12. The Morgan fingerprint density at radius 1 is 0.853 bits per heavy atom. The predicted molar refractivity (Wildman–Crippen MR) is 137 cm³/mol. The van der Waals surface area contributed by atoms with Crippen LogP contribution in [0.1, 0.15) is 30.5 Å². The van der Waals surface area contributed by atoms with Gasteiger partial charge in [-0.25, -0.2) is 4.39 Å². The summed E-state index contributed by atoms with van der Waals surface area (Å²) in [5.41, 5.74) is 2.92. The molecule has 0 saturated heterocycles. The van der Waals surface area contributed by atoms with Gasteiger partial charge < -0.3 is 10.2 Å². The van der Waals surface area contributed by atoms with Crippen LogP contribution in [0.25, 0.3) is 0 Å². The third-order valence-electron chi connectivity index (χ3n) is 5.31. The van der Waals surface area contributed by atoms with Crippen molar-refractivity contribution in [2.75, 3.05) is 5.75 Å². The molecule has 1 unspecified atom stereocenters. The van der Waals surface area contributed by atoms with Crippen LogP contribution in [-0.4, -0.2) is 34.6 Å². The molecule has 178 valence electrons. The van der Waals surface area contributed by atoms with Crippen LogP contribution in [-0.2, 0) is 28.3 Å². The topological polar surface area (TPSA) is 49.4 Å². The fourth-order valence-corrected chi connectivity index (χ4v) is 4.51. The van der Waals surface area contributed by atoms with Gasteiger partial charge in [-0.1, -0.05) is 72.8 Å². The highest BCUT2D eigenvalue weighted by Gasteiger charge is 2.30. The highest BCUT2D eigenvalue weighted by molar-refractivity contribution is 7.99. The molecule has 0 saturated carbocycles. The van der Waals surface area contributed by atoms with Crippen LogP contribution < -0.4 is 5.32 Å². The van der Waals surface area contributed by atoms with Crippen molar-refractivity contribution in [2.45, 2.75) is 44.6 Å². The lowest BCUT2D eigenvalue weighted by Gasteiger charge is -2.32. The number of rotatable bonds is 11. The molecular weight excluding hydrogens is 447 g/mol. The van der Waals surface area contributed by atoms with Gasteiger partial charge in [0.2, 0.25) is 11.8 Å². The Bertz CT molecular complexity index is 1040. The number of hydrogen-bond donors (Lipinski definition) is 1. The molecular formula is C28H31FN2O2S. The fourth-order valence-electron chi connectivity index (χ4n) is 3.63. The van der Waals surface area contributed by atoms with E-state index in [-0.39, 0.29) is 29.4 Å². The van der Waals surface area contributed by atoms with Gasteiger partial charge >= 0.3 is 0 Å². The summed E-state index contributed by atoms with van der Waals surface area (Å²) >= 11 is 1.46. The standard InChI is InChI=1S/C28H31FN2O2S/c1-21(2)30-28(33)26(17-22-9-5-3-6-10-22)31(18-23-11-7-4-8-12-23)27(32)20-34-19-24-13-15-25(29)16-14-24/h3-16,21,26H,17-20H2,1-2H3,(H,30,33). The Morgan fingerprint density at radius 2 is 1.44 bits per heavy atom. The Balaban J connectivity index is 1.81. The van der Waals surface area contributed by atoms with E-state index in [0.29, 0.717) is 18.7 Å². The molecule has 0 aliphatic heterocycles. The zero-order valence-corrected chi connectivity index (χ0v) is 20.4. The van der Waals surface area contributed by atoms with Gasteiger partial charge in [0.15, 0.2) is 0 Å². The summed E-state index contributed by atoms with van der Waals surface area (Å²) in [6.45, 7) is 4.18. The molecule has 1 atom stereocenters. The molecule has 0 aromatic heterocycles. The average Bonchev–Trinajstić information content (AvgIpc) is 2.83. The number of nitrogens with one attached hydrogen (secondary N) is 1. The second-order valence-electron chi connectivity index (χ2n) is 8.50. The lowest BCUT2D eigenvalue weighted by Crippen LogP contribution is -2.52. The minimum atomic E-state index is -0.635. The van der Waals surface area contributed by atoms with Gasteiger partial charge in [-0.15, -0.1) is 11.8 Å². The van der Waals surface area contributed by atoms with E-state index in [2.05, 4.69) is 5.32 Å². The summed E-state index contributed by atoms with van der Waals surface area (Å²) in [6.07, 6.45) is 0.431. The predicted octanol–water partition coefficient (Wildman–Crippen LogP) is 5.22. The highest BCUT2D eigenvalue weighted by Crippen LogP contribution is 2.19. The van der Waals surface area contributed by atoms with Crippen LogP contribution in [0.4, 0.5) is 4.39 Å². The van der Waals surface area contributed by atoms with E-state index in [0.717, 1.165) is 16.7 Å². The second kappa shape index (κ2) is 12.9. The third kappa shape index (κ3) is 8.03. The molecule has 2 amide bonds. The van der Waals surface area contributed by atoms with Gasteiger partial charge in [0.25, 0.3) is 0 Å². The van der Waals surface area contributed by atoms with E-state index >= 15 is 0 Å². The average molecular weight is 479 g/mol. The number of halogens is 1. The maximum atomic E-state index is 13.5. The number of amides is 2. The number of thioether (sulfide) groups is 1. The number of carbonyl (C=O) groups excluding carboxylic acids is 2. The van der Waals surface area contributed by atoms with Crippen molar-refractivity contribution in [3.63, 3.8) is 0 Å². The molecule has 3 aromatic carbocycles. The largest absolute Gasteiger partial charge is 0.352 e. The number of carbonyl (C=O) groups is 2. The first kappa shape index (κ1) is 25.5. The zero-order valence-electron chi connectivity index (χ0n) is 19.6. The minimum Gasteiger partial charge on any atom is -0.352 e. The van der Waals surface area contributed by atoms with Gasteiger partial charge in [-0.2, -0.15) is 0 Å². The Morgan fingerprint density at radius 3 is 2.03 bits per heavy atom. The molecule has 1 N–H and O–H groups in total. The van der Waals surface area contributed by atoms with Gasteiger partial charge in [-0.05, 0) is 42.7 Å². The first-order chi connectivity index (χ1) is 16.4. The molecule has 0 heterocycles. The van der Waals surface area contributed by atoms with E-state index in [9.17, 15) is 14.0 Å². The third-order valence-corrected chi connectivity index (χ3v) is 6.29. The SMILES string of the molecule is CC(C)NC(=O)C(Cc1ccccc1)N(Cc1ccccc1)C(=O)CSCc1ccc(F)cc1. The lowest BCUT2D eigenvalue weighted by molar-refractivity contribution is -0.139. The fraction of sp³-hybridized carbons (Fsp3) is 0.286. The Labute approximate surface area is 205 Å². The lowest BCUT2D eigenvalue weighted by atomic mass is 10.0. The summed E-state index contributed by atoms with van der Waals surface area (Å²) < 4.78 is 13.2. The van der Waals surface area contributed by atoms with Crippen LogP contribution in [0.2, 0.25) is 0 Å². The van der Waals surface area contributed by atoms with Gasteiger partial charge in [0.05, 0.1) is 5.75 Å². The molecule has 34 heavy (non-hydrogen) atoms. The highest BCUT2D eigenvalue weighted by atomic mass is 32.2. The molecule has 0 aliphatic carbocycles. The summed E-state index contributed by atoms with van der Waals surface area (Å²) in [4.78, 5) is 28.4. The van der Waals surface area contributed by atoms with E-state index in [1.165, 1.54) is 23.9 Å². The van der Waals surface area contributed by atoms with Crippen LogP contribution in [0, 0.1) is 5.82 Å². The summed E-state index contributed by atoms with van der Waals surface area (Å²) in [7, 11) is 0. The molecule has 6 heteroatoms. The molecule has 0 bridgehead atoms. The summed E-state index contributed by atoms with van der Waals surface area (Å²) in [6, 6.07) is 25.1. The van der Waals surface area contributed by atoms with E-state index in [4.69, 9.17) is 0 Å². The van der Waals surface area contributed by atoms with Crippen LogP contribution in [0.5, 0.6) is 0 Å². The number of benzene rings is 3. The molecule has 3 rings (SSSR count). The summed E-state index contributed by atoms with van der Waals surface area (Å²) in [5.74, 6) is 0.276. The monoisotopic (exact) mass is 478 g/mol. The molecule has 0 radical (unpaired) electrons. The van der Waals surface area contributed by atoms with Crippen molar-refractivity contribution in [1.82, 2.24) is 10.2 Å². The molecule has 4 nitrogen and oxygen atoms in total. The molecule has 0 spiro atoms. The Kier molecular flexibility index (Phi) is 9.71. The minimum absolute atomic E-state index is 0.0349. The molecule has 0 aliphatic rings. The van der Waals surface area contributed by atoms with Crippen molar-refractivity contribution >= 4 is 23.6 Å². The van der Waals surface area contributed by atoms with E-state index < -0.39 is 6.04 Å². The smallest absolute Gasteiger partial charge is 0.243 e. The zero-order chi connectivity index (χ0) is 24.3. The van der Waals surface area contributed by atoms with Crippen LogP contribution >= 0.6 is 11.8 Å². The van der Waals surface area contributed by atoms with E-state index in [1.54, 1.807) is 17.0 Å². The maximum Gasteiger partial charge on any atom is 0.243 e. The van der Waals surface area contributed by atoms with Gasteiger partial charge in [-0.3, -0.25) is 9.59 Å². The van der Waals surface area contributed by atoms with Crippen molar-refractivity contribution in [3.05, 3.63) is 107 Å². The number of hydrogen-bond acceptors (Lipinski definition) is 3.